The van der Waals surface area contributed by atoms with Crippen molar-refractivity contribution in [1.29, 1.82) is 0 Å². The molecule has 0 unspecified atom stereocenters. The second kappa shape index (κ2) is 5.97. The molecule has 1 aromatic heterocycles. The van der Waals surface area contributed by atoms with Crippen LogP contribution >= 0.6 is 11.3 Å². The van der Waals surface area contributed by atoms with Crippen LogP contribution in [0.2, 0.25) is 0 Å². The number of hydrogen-bond acceptors (Lipinski definition) is 5. The molecular weight excluding hydrogens is 298 g/mol. The molecule has 6 nitrogen and oxygen atoms in total. The summed E-state index contributed by atoms with van der Waals surface area (Å²) in [5.41, 5.74) is 0.427. The third kappa shape index (κ3) is 2.98. The van der Waals surface area contributed by atoms with Crippen LogP contribution in [0.4, 0.5) is 0 Å². The molecular formula is C12H21N3O3S2. The summed E-state index contributed by atoms with van der Waals surface area (Å²) >= 11 is 0.766. The second-order valence-electron chi connectivity index (χ2n) is 5.24. The van der Waals surface area contributed by atoms with Gasteiger partial charge in [-0.05, 0) is 39.7 Å². The van der Waals surface area contributed by atoms with Crippen LogP contribution in [0.15, 0.2) is 9.00 Å². The predicted octanol–water partition coefficient (Wildman–Crippen LogP) is 0.896. The molecule has 0 aliphatic heterocycles. The van der Waals surface area contributed by atoms with Crippen molar-refractivity contribution in [2.75, 3.05) is 14.1 Å². The summed E-state index contributed by atoms with van der Waals surface area (Å²) in [4.78, 5) is 13.5. The third-order valence-electron chi connectivity index (χ3n) is 4.01. The smallest absolute Gasteiger partial charge is 0.305 e. The molecule has 1 heterocycles. The SMILES string of the molecule is CNC1CCC(N(C)S(=O)(=O)c2sc(=O)[nH]c2C)CC1. The minimum absolute atomic E-state index is 0.0150. The van der Waals surface area contributed by atoms with E-state index in [0.29, 0.717) is 11.7 Å². The molecule has 1 saturated carbocycles. The van der Waals surface area contributed by atoms with Crippen molar-refractivity contribution in [3.8, 4) is 0 Å². The number of H-pyrrole nitrogens is 1. The van der Waals surface area contributed by atoms with Gasteiger partial charge in [-0.2, -0.15) is 4.31 Å². The van der Waals surface area contributed by atoms with Gasteiger partial charge in [0.25, 0.3) is 10.0 Å². The number of thiazole rings is 1. The van der Waals surface area contributed by atoms with Gasteiger partial charge < -0.3 is 10.3 Å². The number of hydrogen-bond donors (Lipinski definition) is 2. The van der Waals surface area contributed by atoms with Crippen LogP contribution in [0, 0.1) is 6.92 Å². The van der Waals surface area contributed by atoms with Gasteiger partial charge in [-0.3, -0.25) is 4.79 Å². The molecule has 0 bridgehead atoms. The molecule has 114 valence electrons. The number of aryl methyl sites for hydroxylation is 1. The van der Waals surface area contributed by atoms with E-state index in [2.05, 4.69) is 10.3 Å². The Morgan fingerprint density at radius 2 is 1.90 bits per heavy atom. The lowest BCUT2D eigenvalue weighted by Gasteiger charge is -2.33. The molecule has 8 heteroatoms. The quantitative estimate of drug-likeness (QED) is 0.864. The van der Waals surface area contributed by atoms with Crippen LogP contribution in [-0.4, -0.2) is 43.9 Å². The molecule has 1 aromatic rings. The van der Waals surface area contributed by atoms with E-state index in [0.717, 1.165) is 37.0 Å². The fourth-order valence-electron chi connectivity index (χ4n) is 2.69. The van der Waals surface area contributed by atoms with Crippen LogP contribution in [0.3, 0.4) is 0 Å². The molecule has 1 aliphatic rings. The van der Waals surface area contributed by atoms with Gasteiger partial charge in [0.05, 0.1) is 0 Å². The van der Waals surface area contributed by atoms with Crippen LogP contribution in [-0.2, 0) is 10.0 Å². The molecule has 0 atom stereocenters. The molecule has 0 aromatic carbocycles. The number of aromatic amines is 1. The van der Waals surface area contributed by atoms with E-state index in [1.807, 2.05) is 7.05 Å². The summed E-state index contributed by atoms with van der Waals surface area (Å²) in [5, 5.41) is 3.23. The van der Waals surface area contributed by atoms with E-state index in [1.165, 1.54) is 4.31 Å². The normalized spacial score (nSPS) is 24.2. The Labute approximate surface area is 123 Å². The van der Waals surface area contributed by atoms with Crippen molar-refractivity contribution in [2.24, 2.45) is 0 Å². The van der Waals surface area contributed by atoms with Gasteiger partial charge in [-0.25, -0.2) is 8.42 Å². The number of aromatic nitrogens is 1. The highest BCUT2D eigenvalue weighted by atomic mass is 32.2. The van der Waals surface area contributed by atoms with Crippen LogP contribution < -0.4 is 10.2 Å². The fourth-order valence-corrected chi connectivity index (χ4v) is 5.57. The van der Waals surface area contributed by atoms with E-state index < -0.39 is 10.0 Å². The van der Waals surface area contributed by atoms with Crippen molar-refractivity contribution in [3.63, 3.8) is 0 Å². The van der Waals surface area contributed by atoms with E-state index in [4.69, 9.17) is 0 Å². The van der Waals surface area contributed by atoms with Crippen LogP contribution in [0.1, 0.15) is 31.4 Å². The summed E-state index contributed by atoms with van der Waals surface area (Å²) in [6.07, 6.45) is 3.64. The molecule has 1 fully saturated rings. The van der Waals surface area contributed by atoms with E-state index >= 15 is 0 Å². The molecule has 2 rings (SSSR count). The number of rotatable bonds is 4. The van der Waals surface area contributed by atoms with Crippen molar-refractivity contribution >= 4 is 21.4 Å². The summed E-state index contributed by atoms with van der Waals surface area (Å²) in [6, 6.07) is 0.494. The lowest BCUT2D eigenvalue weighted by molar-refractivity contribution is 0.255. The van der Waals surface area contributed by atoms with Gasteiger partial charge in [0.1, 0.15) is 0 Å². The highest BCUT2D eigenvalue weighted by Gasteiger charge is 2.33. The molecule has 0 saturated heterocycles. The second-order valence-corrected chi connectivity index (χ2v) is 8.42. The molecule has 2 N–H and O–H groups in total. The first-order chi connectivity index (χ1) is 9.36. The van der Waals surface area contributed by atoms with Gasteiger partial charge in [-0.1, -0.05) is 11.3 Å². The molecule has 1 aliphatic carbocycles. The van der Waals surface area contributed by atoms with Crippen molar-refractivity contribution in [3.05, 3.63) is 15.4 Å². The van der Waals surface area contributed by atoms with Gasteiger partial charge in [0.2, 0.25) is 0 Å². The molecule has 0 spiro atoms. The third-order valence-corrected chi connectivity index (χ3v) is 7.51. The first-order valence-electron chi connectivity index (χ1n) is 6.71. The zero-order valence-electron chi connectivity index (χ0n) is 12.0. The first kappa shape index (κ1) is 15.7. The van der Waals surface area contributed by atoms with Gasteiger partial charge in [0, 0.05) is 24.8 Å². The molecule has 0 amide bonds. The Bertz CT molecular complexity index is 612. The maximum Gasteiger partial charge on any atom is 0.305 e. The van der Waals surface area contributed by atoms with Crippen LogP contribution in [0.25, 0.3) is 0 Å². The maximum absolute atomic E-state index is 12.6. The Balaban J connectivity index is 2.18. The number of nitrogens with zero attached hydrogens (tertiary/aromatic N) is 1. The monoisotopic (exact) mass is 319 g/mol. The molecule has 20 heavy (non-hydrogen) atoms. The van der Waals surface area contributed by atoms with Crippen molar-refractivity contribution in [2.45, 2.75) is 48.9 Å². The van der Waals surface area contributed by atoms with Gasteiger partial charge in [-0.15, -0.1) is 0 Å². The average Bonchev–Trinajstić information content (AvgIpc) is 2.77. The summed E-state index contributed by atoms with van der Waals surface area (Å²) in [7, 11) is -0.0215. The minimum atomic E-state index is -3.57. The Morgan fingerprint density at radius 1 is 1.30 bits per heavy atom. The van der Waals surface area contributed by atoms with Crippen LogP contribution in [0.5, 0.6) is 0 Å². The Kier molecular flexibility index (Phi) is 4.68. The zero-order valence-corrected chi connectivity index (χ0v) is 13.6. The zero-order chi connectivity index (χ0) is 14.9. The molecule has 0 radical (unpaired) electrons. The minimum Gasteiger partial charge on any atom is -0.317 e. The first-order valence-corrected chi connectivity index (χ1v) is 8.97. The van der Waals surface area contributed by atoms with Crippen molar-refractivity contribution in [1.82, 2.24) is 14.6 Å². The largest absolute Gasteiger partial charge is 0.317 e. The lowest BCUT2D eigenvalue weighted by atomic mass is 9.91. The van der Waals surface area contributed by atoms with Gasteiger partial charge in [0.15, 0.2) is 4.21 Å². The summed E-state index contributed by atoms with van der Waals surface area (Å²) < 4.78 is 26.7. The Hall–Kier alpha value is -0.700. The highest BCUT2D eigenvalue weighted by molar-refractivity contribution is 7.91. The highest BCUT2D eigenvalue weighted by Crippen LogP contribution is 2.28. The fraction of sp³-hybridized carbons (Fsp3) is 0.750. The maximum atomic E-state index is 12.6. The van der Waals surface area contributed by atoms with Gasteiger partial charge >= 0.3 is 4.87 Å². The summed E-state index contributed by atoms with van der Waals surface area (Å²) in [5.74, 6) is 0. The topological polar surface area (TPSA) is 82.3 Å². The van der Waals surface area contributed by atoms with E-state index in [9.17, 15) is 13.2 Å². The van der Waals surface area contributed by atoms with E-state index in [1.54, 1.807) is 14.0 Å². The Morgan fingerprint density at radius 3 is 2.35 bits per heavy atom. The lowest BCUT2D eigenvalue weighted by Crippen LogP contribution is -2.42. The standard InChI is InChI=1S/C12H21N3O3S2/c1-8-11(19-12(16)14-8)20(17,18)15(3)10-6-4-9(13-2)5-7-10/h9-10,13H,4-7H2,1-3H3,(H,14,16). The summed E-state index contributed by atoms with van der Waals surface area (Å²) in [6.45, 7) is 1.62. The average molecular weight is 319 g/mol. The van der Waals surface area contributed by atoms with E-state index in [-0.39, 0.29) is 15.1 Å². The van der Waals surface area contributed by atoms with Crippen molar-refractivity contribution < 1.29 is 8.42 Å². The predicted molar refractivity (Wildman–Crippen MR) is 79.7 cm³/mol. The number of sulfonamides is 1. The number of nitrogens with one attached hydrogen (secondary N) is 2.